The van der Waals surface area contributed by atoms with Crippen LogP contribution in [0.3, 0.4) is 0 Å². The van der Waals surface area contributed by atoms with Crippen molar-refractivity contribution in [1.82, 2.24) is 0 Å². The van der Waals surface area contributed by atoms with Crippen molar-refractivity contribution < 1.29 is 4.79 Å². The predicted molar refractivity (Wildman–Crippen MR) is 70.4 cm³/mol. The summed E-state index contributed by atoms with van der Waals surface area (Å²) in [5.41, 5.74) is 1.69. The lowest BCUT2D eigenvalue weighted by molar-refractivity contribution is -0.109. The van der Waals surface area contributed by atoms with E-state index in [0.717, 1.165) is 0 Å². The predicted octanol–water partition coefficient (Wildman–Crippen LogP) is 4.44. The molecule has 1 aliphatic rings. The van der Waals surface area contributed by atoms with E-state index in [1.54, 1.807) is 6.92 Å². The van der Waals surface area contributed by atoms with Crippen LogP contribution >= 0.6 is 7.92 Å². The number of benzene rings is 1. The highest BCUT2D eigenvalue weighted by molar-refractivity contribution is 7.94. The van der Waals surface area contributed by atoms with Gasteiger partial charge in [-0.05, 0) is 28.5 Å². The van der Waals surface area contributed by atoms with E-state index in [9.17, 15) is 4.79 Å². The van der Waals surface area contributed by atoms with Crippen LogP contribution in [-0.4, -0.2) is 5.52 Å². The molecule has 16 heavy (non-hydrogen) atoms. The Balaban J connectivity index is 2.40. The highest BCUT2D eigenvalue weighted by Crippen LogP contribution is 2.78. The number of rotatable bonds is 2. The Kier molecular flexibility index (Phi) is 2.75. The maximum absolute atomic E-state index is 11.6. The molecule has 1 nitrogen and oxygen atoms in total. The summed E-state index contributed by atoms with van der Waals surface area (Å²) in [6, 6.07) is 10.3. The van der Waals surface area contributed by atoms with Crippen LogP contribution in [0.1, 0.15) is 33.3 Å². The molecule has 0 spiro atoms. The van der Waals surface area contributed by atoms with E-state index in [0.29, 0.717) is 5.52 Å². The summed E-state index contributed by atoms with van der Waals surface area (Å²) in [5.74, 6) is 0. The highest BCUT2D eigenvalue weighted by Gasteiger charge is 2.46. The average molecular weight is 232 g/mol. The summed E-state index contributed by atoms with van der Waals surface area (Å²) < 4.78 is 0. The first-order valence-corrected chi connectivity index (χ1v) is 6.88. The van der Waals surface area contributed by atoms with Crippen LogP contribution in [0, 0.1) is 5.41 Å². The second kappa shape index (κ2) is 3.82. The summed E-state index contributed by atoms with van der Waals surface area (Å²) >= 11 is 0. The normalized spacial score (nSPS) is 19.9. The summed E-state index contributed by atoms with van der Waals surface area (Å²) in [6.45, 7) is 8.29. The van der Waals surface area contributed by atoms with Crippen molar-refractivity contribution in [3.05, 3.63) is 41.2 Å². The molecule has 1 aromatic rings. The number of hydrogen-bond acceptors (Lipinski definition) is 1. The molecule has 0 fully saturated rings. The van der Waals surface area contributed by atoms with Gasteiger partial charge in [0, 0.05) is 7.92 Å². The largest absolute Gasteiger partial charge is 0.294 e. The number of allylic oxidation sites excluding steroid dienone is 1. The maximum Gasteiger partial charge on any atom is 0.160 e. The Bertz CT molecular complexity index is 451. The van der Waals surface area contributed by atoms with Gasteiger partial charge in [-0.15, -0.1) is 0 Å². The second-order valence-corrected chi connectivity index (χ2v) is 7.36. The lowest BCUT2D eigenvalue weighted by Gasteiger charge is -2.14. The molecule has 0 unspecified atom stereocenters. The number of carbonyl (C=O) groups excluding carboxylic acids is 1. The minimum atomic E-state index is -0.606. The highest BCUT2D eigenvalue weighted by atomic mass is 31.1. The fraction of sp³-hybridized carbons (Fsp3) is 0.357. The Labute approximate surface area is 98.3 Å². The van der Waals surface area contributed by atoms with Gasteiger partial charge in [-0.1, -0.05) is 51.1 Å². The molecular weight excluding hydrogens is 215 g/mol. The molecule has 0 aliphatic carbocycles. The zero-order valence-corrected chi connectivity index (χ0v) is 11.1. The lowest BCUT2D eigenvalue weighted by Crippen LogP contribution is -2.01. The van der Waals surface area contributed by atoms with Gasteiger partial charge in [0.15, 0.2) is 5.52 Å². The van der Waals surface area contributed by atoms with Crippen LogP contribution in [0.5, 0.6) is 0 Å². The fourth-order valence-corrected chi connectivity index (χ4v) is 4.68. The SMILES string of the molecule is CC(=O)[P@@]1C(c2ccccc2)=C1C(C)(C)C. The van der Waals surface area contributed by atoms with Crippen LogP contribution in [-0.2, 0) is 4.79 Å². The molecule has 1 aliphatic heterocycles. The minimum Gasteiger partial charge on any atom is -0.294 e. The van der Waals surface area contributed by atoms with E-state index in [1.165, 1.54) is 16.2 Å². The third kappa shape index (κ3) is 1.97. The van der Waals surface area contributed by atoms with E-state index >= 15 is 0 Å². The lowest BCUT2D eigenvalue weighted by atomic mass is 9.95. The Morgan fingerprint density at radius 3 is 2.06 bits per heavy atom. The number of hydrogen-bond donors (Lipinski definition) is 0. The van der Waals surface area contributed by atoms with Crippen molar-refractivity contribution in [2.24, 2.45) is 5.41 Å². The standard InChI is InChI=1S/C14H17OP/c1-10(15)16-12(13(16)14(2,3)4)11-8-6-5-7-9-11/h5-9H,1-4H3/t16-/m0/s1. The molecule has 0 N–H and O–H groups in total. The third-order valence-corrected chi connectivity index (χ3v) is 5.37. The van der Waals surface area contributed by atoms with Gasteiger partial charge >= 0.3 is 0 Å². The summed E-state index contributed by atoms with van der Waals surface area (Å²) in [4.78, 5) is 11.6. The molecule has 0 amide bonds. The van der Waals surface area contributed by atoms with Gasteiger partial charge in [0.2, 0.25) is 0 Å². The van der Waals surface area contributed by atoms with E-state index in [2.05, 4.69) is 32.9 Å². The van der Waals surface area contributed by atoms with E-state index in [1.807, 2.05) is 18.2 Å². The summed E-state index contributed by atoms with van der Waals surface area (Å²) in [6.07, 6.45) is 0. The van der Waals surface area contributed by atoms with Crippen LogP contribution < -0.4 is 0 Å². The van der Waals surface area contributed by atoms with Gasteiger partial charge in [-0.25, -0.2) is 0 Å². The fourth-order valence-electron chi connectivity index (χ4n) is 2.03. The van der Waals surface area contributed by atoms with Crippen molar-refractivity contribution >= 4 is 18.8 Å². The maximum atomic E-state index is 11.6. The molecule has 0 saturated carbocycles. The van der Waals surface area contributed by atoms with E-state index in [-0.39, 0.29) is 5.41 Å². The third-order valence-electron chi connectivity index (χ3n) is 2.69. The molecule has 1 heterocycles. The minimum absolute atomic E-state index is 0.128. The van der Waals surface area contributed by atoms with E-state index in [4.69, 9.17) is 0 Å². The smallest absolute Gasteiger partial charge is 0.160 e. The van der Waals surface area contributed by atoms with Crippen LogP contribution in [0.4, 0.5) is 0 Å². The van der Waals surface area contributed by atoms with Gasteiger partial charge in [0.25, 0.3) is 0 Å². The molecule has 0 saturated heterocycles. The molecule has 0 radical (unpaired) electrons. The van der Waals surface area contributed by atoms with Gasteiger partial charge in [-0.2, -0.15) is 0 Å². The summed E-state index contributed by atoms with van der Waals surface area (Å²) in [5, 5.41) is 2.69. The molecule has 1 aromatic carbocycles. The van der Waals surface area contributed by atoms with Gasteiger partial charge in [0.05, 0.1) is 0 Å². The first kappa shape index (κ1) is 11.5. The molecule has 2 rings (SSSR count). The Morgan fingerprint density at radius 1 is 1.12 bits per heavy atom. The molecule has 1 atom stereocenters. The molecule has 0 aromatic heterocycles. The zero-order chi connectivity index (χ0) is 11.9. The molecule has 84 valence electrons. The van der Waals surface area contributed by atoms with Gasteiger partial charge in [0.1, 0.15) is 0 Å². The van der Waals surface area contributed by atoms with Gasteiger partial charge in [-0.3, -0.25) is 4.79 Å². The van der Waals surface area contributed by atoms with Crippen molar-refractivity contribution in [2.75, 3.05) is 0 Å². The topological polar surface area (TPSA) is 17.1 Å². The quantitative estimate of drug-likeness (QED) is 0.689. The van der Waals surface area contributed by atoms with Crippen LogP contribution in [0.2, 0.25) is 0 Å². The second-order valence-electron chi connectivity index (χ2n) is 5.17. The zero-order valence-electron chi connectivity index (χ0n) is 10.2. The van der Waals surface area contributed by atoms with E-state index < -0.39 is 7.92 Å². The van der Waals surface area contributed by atoms with Crippen LogP contribution in [0.25, 0.3) is 5.31 Å². The number of carbonyl (C=O) groups is 1. The monoisotopic (exact) mass is 232 g/mol. The average Bonchev–Trinajstić information content (AvgIpc) is 2.93. The van der Waals surface area contributed by atoms with Crippen molar-refractivity contribution in [3.8, 4) is 0 Å². The first-order chi connectivity index (χ1) is 7.43. The van der Waals surface area contributed by atoms with Crippen molar-refractivity contribution in [2.45, 2.75) is 27.7 Å². The Morgan fingerprint density at radius 2 is 1.69 bits per heavy atom. The van der Waals surface area contributed by atoms with Crippen molar-refractivity contribution in [3.63, 3.8) is 0 Å². The first-order valence-electron chi connectivity index (χ1n) is 5.54. The Hall–Kier alpha value is -0.940. The summed E-state index contributed by atoms with van der Waals surface area (Å²) in [7, 11) is -0.606. The van der Waals surface area contributed by atoms with Crippen LogP contribution in [0.15, 0.2) is 35.6 Å². The molecule has 0 bridgehead atoms. The van der Waals surface area contributed by atoms with Gasteiger partial charge < -0.3 is 0 Å². The van der Waals surface area contributed by atoms with Crippen molar-refractivity contribution in [1.29, 1.82) is 0 Å². The molecule has 2 heteroatoms. The molecular formula is C14H17OP.